The monoisotopic (exact) mass is 280 g/mol. The van der Waals surface area contributed by atoms with Crippen LogP contribution in [0.4, 0.5) is 5.69 Å². The Morgan fingerprint density at radius 2 is 1.86 bits per heavy atom. The number of rotatable bonds is 4. The van der Waals surface area contributed by atoms with Crippen LogP contribution in [0.1, 0.15) is 24.6 Å². The van der Waals surface area contributed by atoms with Gasteiger partial charge in [-0.3, -0.25) is 4.98 Å². The molecule has 2 aromatic heterocycles. The summed E-state index contributed by atoms with van der Waals surface area (Å²) >= 11 is 0. The van der Waals surface area contributed by atoms with Crippen LogP contribution in [0, 0.1) is 6.92 Å². The van der Waals surface area contributed by atoms with Crippen molar-refractivity contribution in [3.05, 3.63) is 60.2 Å². The van der Waals surface area contributed by atoms with Crippen LogP contribution in [-0.4, -0.2) is 15.2 Å². The predicted molar refractivity (Wildman–Crippen MR) is 80.7 cm³/mol. The van der Waals surface area contributed by atoms with E-state index >= 15 is 0 Å². The molecule has 2 heterocycles. The number of benzene rings is 1. The van der Waals surface area contributed by atoms with E-state index in [4.69, 9.17) is 4.42 Å². The van der Waals surface area contributed by atoms with E-state index < -0.39 is 0 Å². The first kappa shape index (κ1) is 13.3. The molecule has 106 valence electrons. The van der Waals surface area contributed by atoms with E-state index in [1.807, 2.05) is 42.5 Å². The smallest absolute Gasteiger partial charge is 0.249 e. The Kier molecular flexibility index (Phi) is 3.64. The molecule has 0 aliphatic carbocycles. The van der Waals surface area contributed by atoms with Crippen molar-refractivity contribution in [1.82, 2.24) is 15.2 Å². The van der Waals surface area contributed by atoms with Crippen molar-refractivity contribution in [2.24, 2.45) is 0 Å². The SMILES string of the molecule is Cc1nnc(-c2ccccc2NC(C)c2ccccn2)o1. The van der Waals surface area contributed by atoms with Crippen molar-refractivity contribution in [3.63, 3.8) is 0 Å². The minimum absolute atomic E-state index is 0.0800. The van der Waals surface area contributed by atoms with Gasteiger partial charge in [0.2, 0.25) is 11.8 Å². The molecule has 3 rings (SSSR count). The lowest BCUT2D eigenvalue weighted by molar-refractivity contribution is 0.533. The maximum absolute atomic E-state index is 5.52. The van der Waals surface area contributed by atoms with Gasteiger partial charge in [0.15, 0.2) is 0 Å². The Morgan fingerprint density at radius 3 is 2.57 bits per heavy atom. The van der Waals surface area contributed by atoms with Crippen molar-refractivity contribution < 1.29 is 4.42 Å². The van der Waals surface area contributed by atoms with Crippen molar-refractivity contribution in [1.29, 1.82) is 0 Å². The lowest BCUT2D eigenvalue weighted by Crippen LogP contribution is -2.09. The fraction of sp³-hybridized carbons (Fsp3) is 0.188. The van der Waals surface area contributed by atoms with Gasteiger partial charge in [-0.2, -0.15) is 0 Å². The molecule has 1 atom stereocenters. The highest BCUT2D eigenvalue weighted by Gasteiger charge is 2.13. The van der Waals surface area contributed by atoms with Crippen LogP contribution >= 0.6 is 0 Å². The average Bonchev–Trinajstić information content (AvgIpc) is 2.95. The van der Waals surface area contributed by atoms with Gasteiger partial charge >= 0.3 is 0 Å². The Balaban J connectivity index is 1.89. The third-order valence-electron chi connectivity index (χ3n) is 3.19. The number of anilines is 1. The third-order valence-corrected chi connectivity index (χ3v) is 3.19. The van der Waals surface area contributed by atoms with Crippen LogP contribution in [0.25, 0.3) is 11.5 Å². The summed E-state index contributed by atoms with van der Waals surface area (Å²) in [6, 6.07) is 13.8. The highest BCUT2D eigenvalue weighted by Crippen LogP contribution is 2.29. The molecule has 1 aromatic carbocycles. The second-order valence-corrected chi connectivity index (χ2v) is 4.79. The van der Waals surface area contributed by atoms with Gasteiger partial charge < -0.3 is 9.73 Å². The number of hydrogen-bond donors (Lipinski definition) is 1. The fourth-order valence-electron chi connectivity index (χ4n) is 2.14. The van der Waals surface area contributed by atoms with E-state index in [1.54, 1.807) is 13.1 Å². The third kappa shape index (κ3) is 2.91. The summed E-state index contributed by atoms with van der Waals surface area (Å²) in [5, 5.41) is 11.4. The van der Waals surface area contributed by atoms with E-state index in [9.17, 15) is 0 Å². The first-order chi connectivity index (χ1) is 10.2. The Hall–Kier alpha value is -2.69. The first-order valence-electron chi connectivity index (χ1n) is 6.81. The highest BCUT2D eigenvalue weighted by atomic mass is 16.4. The Labute approximate surface area is 123 Å². The number of aryl methyl sites for hydroxylation is 1. The van der Waals surface area contributed by atoms with E-state index in [-0.39, 0.29) is 6.04 Å². The molecule has 1 N–H and O–H groups in total. The number of para-hydroxylation sites is 1. The quantitative estimate of drug-likeness (QED) is 0.790. The van der Waals surface area contributed by atoms with Crippen LogP contribution in [0.15, 0.2) is 53.1 Å². The Morgan fingerprint density at radius 1 is 1.05 bits per heavy atom. The molecular weight excluding hydrogens is 264 g/mol. The molecule has 0 amide bonds. The summed E-state index contributed by atoms with van der Waals surface area (Å²) in [4.78, 5) is 4.37. The van der Waals surface area contributed by atoms with E-state index in [0.29, 0.717) is 11.8 Å². The lowest BCUT2D eigenvalue weighted by atomic mass is 10.1. The lowest BCUT2D eigenvalue weighted by Gasteiger charge is -2.16. The summed E-state index contributed by atoms with van der Waals surface area (Å²) in [6.07, 6.45) is 1.79. The van der Waals surface area contributed by atoms with E-state index in [2.05, 4.69) is 27.4 Å². The molecule has 1 unspecified atom stereocenters. The number of pyridine rings is 1. The normalized spacial score (nSPS) is 12.1. The summed E-state index contributed by atoms with van der Waals surface area (Å²) in [5.41, 5.74) is 2.81. The van der Waals surface area contributed by atoms with Crippen LogP contribution in [-0.2, 0) is 0 Å². The van der Waals surface area contributed by atoms with E-state index in [1.165, 1.54) is 0 Å². The summed E-state index contributed by atoms with van der Waals surface area (Å²) in [5.74, 6) is 1.07. The predicted octanol–water partition coefficient (Wildman–Crippen LogP) is 3.61. The number of hydrogen-bond acceptors (Lipinski definition) is 5. The maximum Gasteiger partial charge on any atom is 0.249 e. The zero-order valence-corrected chi connectivity index (χ0v) is 11.9. The molecule has 0 spiro atoms. The second-order valence-electron chi connectivity index (χ2n) is 4.79. The molecule has 0 bridgehead atoms. The molecule has 0 saturated carbocycles. The van der Waals surface area contributed by atoms with Gasteiger partial charge in [0.05, 0.1) is 17.3 Å². The molecule has 21 heavy (non-hydrogen) atoms. The zero-order chi connectivity index (χ0) is 14.7. The van der Waals surface area contributed by atoms with Gasteiger partial charge in [-0.25, -0.2) is 0 Å². The molecule has 5 heteroatoms. The van der Waals surface area contributed by atoms with Crippen LogP contribution in [0.3, 0.4) is 0 Å². The first-order valence-corrected chi connectivity index (χ1v) is 6.81. The highest BCUT2D eigenvalue weighted by molar-refractivity contribution is 5.72. The van der Waals surface area contributed by atoms with Crippen LogP contribution in [0.5, 0.6) is 0 Å². The van der Waals surface area contributed by atoms with Gasteiger partial charge in [-0.05, 0) is 31.2 Å². The molecule has 3 aromatic rings. The van der Waals surface area contributed by atoms with Gasteiger partial charge in [-0.1, -0.05) is 18.2 Å². The van der Waals surface area contributed by atoms with E-state index in [0.717, 1.165) is 16.9 Å². The largest absolute Gasteiger partial charge is 0.421 e. The van der Waals surface area contributed by atoms with Gasteiger partial charge in [-0.15, -0.1) is 10.2 Å². The van der Waals surface area contributed by atoms with Gasteiger partial charge in [0, 0.05) is 18.8 Å². The number of nitrogens with zero attached hydrogens (tertiary/aromatic N) is 3. The van der Waals surface area contributed by atoms with Crippen LogP contribution in [0.2, 0.25) is 0 Å². The van der Waals surface area contributed by atoms with Crippen molar-refractivity contribution in [3.8, 4) is 11.5 Å². The standard InChI is InChI=1S/C16H16N4O/c1-11(14-8-5-6-10-17-14)18-15-9-4-3-7-13(15)16-20-19-12(2)21-16/h3-11,18H,1-2H3. The van der Waals surface area contributed by atoms with Gasteiger partial charge in [0.25, 0.3) is 0 Å². The molecule has 0 aliphatic heterocycles. The van der Waals surface area contributed by atoms with Gasteiger partial charge in [0.1, 0.15) is 0 Å². The Bertz CT molecular complexity index is 724. The maximum atomic E-state index is 5.52. The topological polar surface area (TPSA) is 63.8 Å². The summed E-state index contributed by atoms with van der Waals surface area (Å²) < 4.78 is 5.52. The molecule has 0 fully saturated rings. The molecular formula is C16H16N4O. The zero-order valence-electron chi connectivity index (χ0n) is 11.9. The number of aromatic nitrogens is 3. The van der Waals surface area contributed by atoms with Crippen LogP contribution < -0.4 is 5.32 Å². The second kappa shape index (κ2) is 5.75. The minimum Gasteiger partial charge on any atom is -0.421 e. The van der Waals surface area contributed by atoms with Crippen molar-refractivity contribution in [2.45, 2.75) is 19.9 Å². The summed E-state index contributed by atoms with van der Waals surface area (Å²) in [7, 11) is 0. The van der Waals surface area contributed by atoms with Crippen molar-refractivity contribution >= 4 is 5.69 Å². The molecule has 0 saturated heterocycles. The van der Waals surface area contributed by atoms with Crippen molar-refractivity contribution in [2.75, 3.05) is 5.32 Å². The fourth-order valence-corrected chi connectivity index (χ4v) is 2.14. The molecule has 5 nitrogen and oxygen atoms in total. The minimum atomic E-state index is 0.0800. The summed E-state index contributed by atoms with van der Waals surface area (Å²) in [6.45, 7) is 3.85. The molecule has 0 radical (unpaired) electrons. The average molecular weight is 280 g/mol. The number of nitrogens with one attached hydrogen (secondary N) is 1. The molecule has 0 aliphatic rings.